The van der Waals surface area contributed by atoms with Gasteiger partial charge in [-0.05, 0) is 37.6 Å². The predicted octanol–water partition coefficient (Wildman–Crippen LogP) is -0.338. The monoisotopic (exact) mass is 398 g/mol. The molecule has 1 aromatic rings. The first-order valence-corrected chi connectivity index (χ1v) is 10.3. The van der Waals surface area contributed by atoms with Gasteiger partial charge in [0.25, 0.3) is 11.8 Å². The van der Waals surface area contributed by atoms with E-state index >= 15 is 0 Å². The van der Waals surface area contributed by atoms with Gasteiger partial charge in [-0.1, -0.05) is 0 Å². The second-order valence-corrected chi connectivity index (χ2v) is 8.20. The lowest BCUT2D eigenvalue weighted by Crippen LogP contribution is -2.39. The summed E-state index contributed by atoms with van der Waals surface area (Å²) < 4.78 is 32.7. The summed E-state index contributed by atoms with van der Waals surface area (Å²) in [6, 6.07) is 5.96. The Morgan fingerprint density at radius 3 is 2.48 bits per heavy atom. The van der Waals surface area contributed by atoms with Crippen LogP contribution in [0.25, 0.3) is 0 Å². The molecule has 1 saturated heterocycles. The molecule has 27 heavy (non-hydrogen) atoms. The molecule has 148 valence electrons. The van der Waals surface area contributed by atoms with Crippen LogP contribution in [-0.2, 0) is 24.2 Å². The van der Waals surface area contributed by atoms with E-state index in [0.717, 1.165) is 0 Å². The topological polar surface area (TPSA) is 128 Å². The number of ether oxygens (including phenoxy) is 2. The number of hydrogen-bond acceptors (Lipinski definition) is 7. The summed E-state index contributed by atoms with van der Waals surface area (Å²) in [7, 11) is -3.10. The molecule has 9 nitrogen and oxygen atoms in total. The summed E-state index contributed by atoms with van der Waals surface area (Å²) in [6.07, 6.45) is 0.347. The minimum Gasteiger partial charge on any atom is -0.494 e. The fourth-order valence-electron chi connectivity index (χ4n) is 2.50. The molecule has 0 unspecified atom stereocenters. The number of amides is 2. The van der Waals surface area contributed by atoms with Crippen molar-refractivity contribution in [3.8, 4) is 5.75 Å². The van der Waals surface area contributed by atoms with Crippen LogP contribution in [0.15, 0.2) is 24.3 Å². The molecule has 1 atom stereocenters. The Hall–Kier alpha value is -2.62. The van der Waals surface area contributed by atoms with Gasteiger partial charge in [0, 0.05) is 11.6 Å². The number of rotatable bonds is 8. The highest BCUT2D eigenvalue weighted by Gasteiger charge is 2.29. The van der Waals surface area contributed by atoms with Crippen LogP contribution in [0.5, 0.6) is 5.75 Å². The number of nitrogens with one attached hydrogen (secondary N) is 2. The lowest BCUT2D eigenvalue weighted by molar-refractivity contribution is -0.147. The van der Waals surface area contributed by atoms with Crippen LogP contribution in [0.1, 0.15) is 23.7 Å². The van der Waals surface area contributed by atoms with Crippen LogP contribution < -0.4 is 15.4 Å². The summed E-state index contributed by atoms with van der Waals surface area (Å²) in [5, 5.41) is 4.89. The van der Waals surface area contributed by atoms with Crippen molar-refractivity contribution in [3.05, 3.63) is 29.8 Å². The Balaban J connectivity index is 1.68. The van der Waals surface area contributed by atoms with Gasteiger partial charge in [0.1, 0.15) is 12.3 Å². The Morgan fingerprint density at radius 1 is 1.19 bits per heavy atom. The molecule has 0 aromatic heterocycles. The van der Waals surface area contributed by atoms with Gasteiger partial charge in [-0.3, -0.25) is 14.4 Å². The third-order valence-electron chi connectivity index (χ3n) is 3.78. The van der Waals surface area contributed by atoms with E-state index < -0.39 is 46.8 Å². The molecule has 1 heterocycles. The Kier molecular flexibility index (Phi) is 7.17. The van der Waals surface area contributed by atoms with Crippen LogP contribution in [0.3, 0.4) is 0 Å². The van der Waals surface area contributed by atoms with Gasteiger partial charge in [-0.15, -0.1) is 0 Å². The number of carbonyl (C=O) groups is 3. The summed E-state index contributed by atoms with van der Waals surface area (Å²) in [4.78, 5) is 35.3. The zero-order valence-corrected chi connectivity index (χ0v) is 15.7. The maximum atomic E-state index is 12.0. The van der Waals surface area contributed by atoms with Crippen molar-refractivity contribution in [2.24, 2.45) is 0 Å². The molecule has 1 aromatic carbocycles. The average Bonchev–Trinajstić information content (AvgIpc) is 2.97. The van der Waals surface area contributed by atoms with E-state index in [2.05, 4.69) is 10.6 Å². The van der Waals surface area contributed by atoms with Gasteiger partial charge < -0.3 is 20.1 Å². The lowest BCUT2D eigenvalue weighted by Gasteiger charge is -2.11. The van der Waals surface area contributed by atoms with E-state index in [0.29, 0.717) is 24.3 Å². The van der Waals surface area contributed by atoms with Gasteiger partial charge in [0.05, 0.1) is 18.1 Å². The number of sulfone groups is 1. The standard InChI is InChI=1S/C17H22N2O7S/c1-2-25-14-5-3-12(4-6-14)17(22)18-9-16(21)26-10-15(20)19-13-7-8-27(23,24)11-13/h3-6,13H,2,7-11H2,1H3,(H,18,22)(H,19,20)/t13-/m1/s1. The second kappa shape index (κ2) is 9.36. The molecule has 0 radical (unpaired) electrons. The van der Waals surface area contributed by atoms with Crippen molar-refractivity contribution in [2.75, 3.05) is 31.3 Å². The zero-order valence-electron chi connectivity index (χ0n) is 14.9. The fraction of sp³-hybridized carbons (Fsp3) is 0.471. The van der Waals surface area contributed by atoms with Gasteiger partial charge in [0.15, 0.2) is 16.4 Å². The Labute approximate surface area is 157 Å². The summed E-state index contributed by atoms with van der Waals surface area (Å²) in [5.74, 6) is -1.25. The lowest BCUT2D eigenvalue weighted by atomic mass is 10.2. The van der Waals surface area contributed by atoms with Crippen molar-refractivity contribution in [1.82, 2.24) is 10.6 Å². The first-order chi connectivity index (χ1) is 12.8. The van der Waals surface area contributed by atoms with Crippen LogP contribution in [0.2, 0.25) is 0 Å². The smallest absolute Gasteiger partial charge is 0.325 e. The van der Waals surface area contributed by atoms with Gasteiger partial charge >= 0.3 is 5.97 Å². The van der Waals surface area contributed by atoms with E-state index in [4.69, 9.17) is 9.47 Å². The molecule has 0 spiro atoms. The quantitative estimate of drug-likeness (QED) is 0.574. The average molecular weight is 398 g/mol. The van der Waals surface area contributed by atoms with E-state index in [1.54, 1.807) is 24.3 Å². The highest BCUT2D eigenvalue weighted by Crippen LogP contribution is 2.12. The summed E-state index contributed by atoms with van der Waals surface area (Å²) in [6.45, 7) is 1.44. The third-order valence-corrected chi connectivity index (χ3v) is 5.55. The molecule has 2 rings (SSSR count). The zero-order chi connectivity index (χ0) is 19.9. The Morgan fingerprint density at radius 2 is 1.89 bits per heavy atom. The van der Waals surface area contributed by atoms with Crippen LogP contribution in [-0.4, -0.2) is 63.5 Å². The molecule has 2 amide bonds. The summed E-state index contributed by atoms with van der Waals surface area (Å²) in [5.41, 5.74) is 0.353. The second-order valence-electron chi connectivity index (χ2n) is 5.97. The molecule has 10 heteroatoms. The highest BCUT2D eigenvalue weighted by molar-refractivity contribution is 7.91. The highest BCUT2D eigenvalue weighted by atomic mass is 32.2. The van der Waals surface area contributed by atoms with Gasteiger partial charge in [-0.2, -0.15) is 0 Å². The van der Waals surface area contributed by atoms with Crippen molar-refractivity contribution < 1.29 is 32.3 Å². The molecular weight excluding hydrogens is 376 g/mol. The van der Waals surface area contributed by atoms with E-state index in [-0.39, 0.29) is 11.5 Å². The molecule has 1 aliphatic rings. The van der Waals surface area contributed by atoms with E-state index in [1.807, 2.05) is 6.92 Å². The SMILES string of the molecule is CCOc1ccc(C(=O)NCC(=O)OCC(=O)N[C@@H]2CCS(=O)(=O)C2)cc1. The number of esters is 1. The summed E-state index contributed by atoms with van der Waals surface area (Å²) >= 11 is 0. The van der Waals surface area contributed by atoms with Crippen LogP contribution >= 0.6 is 0 Å². The van der Waals surface area contributed by atoms with Crippen LogP contribution in [0.4, 0.5) is 0 Å². The van der Waals surface area contributed by atoms with Crippen molar-refractivity contribution in [2.45, 2.75) is 19.4 Å². The van der Waals surface area contributed by atoms with Crippen molar-refractivity contribution >= 4 is 27.6 Å². The number of benzene rings is 1. The predicted molar refractivity (Wildman–Crippen MR) is 96.1 cm³/mol. The minimum atomic E-state index is -3.10. The normalized spacial score (nSPS) is 17.7. The molecule has 0 aliphatic carbocycles. The number of hydrogen-bond donors (Lipinski definition) is 2. The fourth-order valence-corrected chi connectivity index (χ4v) is 4.17. The third kappa shape index (κ3) is 6.89. The minimum absolute atomic E-state index is 0.0370. The first kappa shape index (κ1) is 20.7. The van der Waals surface area contributed by atoms with Gasteiger partial charge in [-0.25, -0.2) is 8.42 Å². The Bertz CT molecular complexity index is 790. The van der Waals surface area contributed by atoms with E-state index in [9.17, 15) is 22.8 Å². The maximum Gasteiger partial charge on any atom is 0.325 e. The number of carbonyl (C=O) groups excluding carboxylic acids is 3. The van der Waals surface area contributed by atoms with Gasteiger partial charge in [0.2, 0.25) is 0 Å². The van der Waals surface area contributed by atoms with Crippen molar-refractivity contribution in [3.63, 3.8) is 0 Å². The van der Waals surface area contributed by atoms with Crippen molar-refractivity contribution in [1.29, 1.82) is 0 Å². The molecule has 0 bridgehead atoms. The van der Waals surface area contributed by atoms with E-state index in [1.165, 1.54) is 0 Å². The molecule has 2 N–H and O–H groups in total. The first-order valence-electron chi connectivity index (χ1n) is 8.45. The van der Waals surface area contributed by atoms with Crippen LogP contribution in [0, 0.1) is 0 Å². The molecule has 0 saturated carbocycles. The molecule has 1 aliphatic heterocycles. The maximum absolute atomic E-state index is 12.0. The molecule has 1 fully saturated rings. The largest absolute Gasteiger partial charge is 0.494 e. The molecular formula is C17H22N2O7S.